The predicted molar refractivity (Wildman–Crippen MR) is 85.1 cm³/mol. The Bertz CT molecular complexity index is 421. The highest BCUT2D eigenvalue weighted by atomic mass is 16.5. The van der Waals surface area contributed by atoms with Crippen molar-refractivity contribution in [1.82, 2.24) is 5.32 Å². The first-order valence-corrected chi connectivity index (χ1v) is 7.96. The van der Waals surface area contributed by atoms with Gasteiger partial charge in [0.05, 0.1) is 18.8 Å². The van der Waals surface area contributed by atoms with Crippen LogP contribution >= 0.6 is 0 Å². The number of rotatable bonds is 5. The van der Waals surface area contributed by atoms with Gasteiger partial charge in [0.15, 0.2) is 0 Å². The molecule has 112 valence electrons. The Labute approximate surface area is 123 Å². The molecular weight excluding hydrogens is 246 g/mol. The Balaban J connectivity index is 1.92. The van der Waals surface area contributed by atoms with Gasteiger partial charge >= 0.3 is 0 Å². The number of hydrogen-bond donors (Lipinski definition) is 1. The Morgan fingerprint density at radius 1 is 1.20 bits per heavy atom. The predicted octanol–water partition coefficient (Wildman–Crippen LogP) is 4.16. The molecule has 2 rings (SSSR count). The molecule has 0 radical (unpaired) electrons. The van der Waals surface area contributed by atoms with Gasteiger partial charge in [-0.3, -0.25) is 0 Å². The van der Waals surface area contributed by atoms with E-state index in [0.717, 1.165) is 12.5 Å². The fourth-order valence-electron chi connectivity index (χ4n) is 3.17. The third kappa shape index (κ3) is 4.07. The molecule has 2 heteroatoms. The second kappa shape index (κ2) is 7.24. The van der Waals surface area contributed by atoms with Gasteiger partial charge in [0, 0.05) is 0 Å². The van der Waals surface area contributed by atoms with Crippen molar-refractivity contribution in [3.05, 3.63) is 34.9 Å². The summed E-state index contributed by atoms with van der Waals surface area (Å²) in [5.74, 6) is 0.884. The second-order valence-corrected chi connectivity index (χ2v) is 6.42. The fraction of sp³-hybridized carbons (Fsp3) is 0.667. The van der Waals surface area contributed by atoms with Crippen LogP contribution in [0, 0.1) is 19.8 Å². The van der Waals surface area contributed by atoms with E-state index < -0.39 is 0 Å². The normalized spacial score (nSPS) is 24.6. The van der Waals surface area contributed by atoms with Crippen LogP contribution in [0.3, 0.4) is 0 Å². The first-order valence-electron chi connectivity index (χ1n) is 7.96. The van der Waals surface area contributed by atoms with Crippen molar-refractivity contribution in [3.8, 4) is 0 Å². The van der Waals surface area contributed by atoms with Crippen LogP contribution in [0.25, 0.3) is 0 Å². The standard InChI is InChI=1S/C18H29NO/c1-13-5-8-16(9-6-13)20-12-18(19-4)17-10-7-14(2)11-15(17)3/h7,10-11,13,16,18-19H,5-6,8-9,12H2,1-4H3. The third-order valence-electron chi connectivity index (χ3n) is 4.61. The molecule has 1 fully saturated rings. The van der Waals surface area contributed by atoms with Crippen molar-refractivity contribution in [3.63, 3.8) is 0 Å². The van der Waals surface area contributed by atoms with Gasteiger partial charge in [0.2, 0.25) is 0 Å². The minimum atomic E-state index is 0.301. The van der Waals surface area contributed by atoms with E-state index in [1.165, 1.54) is 42.4 Å². The molecule has 0 spiro atoms. The van der Waals surface area contributed by atoms with Crippen LogP contribution in [-0.4, -0.2) is 19.8 Å². The molecule has 0 saturated heterocycles. The second-order valence-electron chi connectivity index (χ2n) is 6.42. The maximum Gasteiger partial charge on any atom is 0.0665 e. The first-order chi connectivity index (χ1) is 9.60. The molecule has 1 N–H and O–H groups in total. The Morgan fingerprint density at radius 3 is 2.50 bits per heavy atom. The number of likely N-dealkylation sites (N-methyl/N-ethyl adjacent to an activating group) is 1. The van der Waals surface area contributed by atoms with Crippen LogP contribution < -0.4 is 5.32 Å². The molecule has 0 heterocycles. The molecule has 0 aliphatic heterocycles. The topological polar surface area (TPSA) is 21.3 Å². The largest absolute Gasteiger partial charge is 0.376 e. The van der Waals surface area contributed by atoms with Crippen LogP contribution in [0.1, 0.15) is 55.3 Å². The summed E-state index contributed by atoms with van der Waals surface area (Å²) in [4.78, 5) is 0. The lowest BCUT2D eigenvalue weighted by Gasteiger charge is -2.28. The number of nitrogens with one attached hydrogen (secondary N) is 1. The lowest BCUT2D eigenvalue weighted by Crippen LogP contribution is -2.28. The molecule has 1 unspecified atom stereocenters. The molecule has 0 bridgehead atoms. The zero-order valence-corrected chi connectivity index (χ0v) is 13.4. The summed E-state index contributed by atoms with van der Waals surface area (Å²) < 4.78 is 6.16. The van der Waals surface area contributed by atoms with E-state index in [1.807, 2.05) is 7.05 Å². The summed E-state index contributed by atoms with van der Waals surface area (Å²) >= 11 is 0. The molecule has 1 aliphatic rings. The quantitative estimate of drug-likeness (QED) is 0.871. The third-order valence-corrected chi connectivity index (χ3v) is 4.61. The van der Waals surface area contributed by atoms with Gasteiger partial charge in [0.25, 0.3) is 0 Å². The van der Waals surface area contributed by atoms with Crippen molar-refractivity contribution in [1.29, 1.82) is 0 Å². The Kier molecular flexibility index (Phi) is 5.62. The maximum atomic E-state index is 6.16. The van der Waals surface area contributed by atoms with E-state index in [9.17, 15) is 0 Å². The summed E-state index contributed by atoms with van der Waals surface area (Å²) in [7, 11) is 2.02. The van der Waals surface area contributed by atoms with Gasteiger partial charge < -0.3 is 10.1 Å². The van der Waals surface area contributed by atoms with Gasteiger partial charge in [-0.25, -0.2) is 0 Å². The lowest BCUT2D eigenvalue weighted by molar-refractivity contribution is 0.00874. The zero-order chi connectivity index (χ0) is 14.5. The van der Waals surface area contributed by atoms with Crippen LogP contribution in [0.15, 0.2) is 18.2 Å². The van der Waals surface area contributed by atoms with Crippen molar-refractivity contribution in [2.75, 3.05) is 13.7 Å². The monoisotopic (exact) mass is 275 g/mol. The van der Waals surface area contributed by atoms with E-state index in [1.54, 1.807) is 0 Å². The highest BCUT2D eigenvalue weighted by Crippen LogP contribution is 2.27. The number of benzene rings is 1. The van der Waals surface area contributed by atoms with E-state index in [4.69, 9.17) is 4.74 Å². The number of hydrogen-bond acceptors (Lipinski definition) is 2. The highest BCUT2D eigenvalue weighted by Gasteiger charge is 2.20. The minimum absolute atomic E-state index is 0.301. The van der Waals surface area contributed by atoms with Crippen LogP contribution in [0.5, 0.6) is 0 Å². The van der Waals surface area contributed by atoms with Crippen molar-refractivity contribution < 1.29 is 4.74 Å². The molecule has 1 aromatic rings. The molecule has 0 aromatic heterocycles. The molecule has 0 amide bonds. The first kappa shape index (κ1) is 15.5. The maximum absolute atomic E-state index is 6.16. The molecule has 1 saturated carbocycles. The fourth-order valence-corrected chi connectivity index (χ4v) is 3.17. The van der Waals surface area contributed by atoms with Gasteiger partial charge in [0.1, 0.15) is 0 Å². The molecule has 2 nitrogen and oxygen atoms in total. The average molecular weight is 275 g/mol. The molecule has 20 heavy (non-hydrogen) atoms. The summed E-state index contributed by atoms with van der Waals surface area (Å²) in [5.41, 5.74) is 4.04. The number of ether oxygens (including phenoxy) is 1. The molecule has 1 atom stereocenters. The Morgan fingerprint density at radius 2 is 1.90 bits per heavy atom. The Hall–Kier alpha value is -0.860. The van der Waals surface area contributed by atoms with Gasteiger partial charge in [-0.1, -0.05) is 30.7 Å². The van der Waals surface area contributed by atoms with Crippen molar-refractivity contribution >= 4 is 0 Å². The lowest BCUT2D eigenvalue weighted by atomic mass is 9.89. The van der Waals surface area contributed by atoms with Crippen LogP contribution in [-0.2, 0) is 4.74 Å². The van der Waals surface area contributed by atoms with Crippen LogP contribution in [0.4, 0.5) is 0 Å². The van der Waals surface area contributed by atoms with Gasteiger partial charge in [-0.05, 0) is 63.6 Å². The number of aryl methyl sites for hydroxylation is 2. The van der Waals surface area contributed by atoms with Crippen LogP contribution in [0.2, 0.25) is 0 Å². The molecule has 1 aliphatic carbocycles. The van der Waals surface area contributed by atoms with E-state index in [2.05, 4.69) is 44.3 Å². The SMILES string of the molecule is CNC(COC1CCC(C)CC1)c1ccc(C)cc1C. The van der Waals surface area contributed by atoms with E-state index >= 15 is 0 Å². The van der Waals surface area contributed by atoms with Crippen molar-refractivity contribution in [2.24, 2.45) is 5.92 Å². The molecule has 1 aromatic carbocycles. The van der Waals surface area contributed by atoms with Gasteiger partial charge in [-0.15, -0.1) is 0 Å². The molecular formula is C18H29NO. The summed E-state index contributed by atoms with van der Waals surface area (Å²) in [6, 6.07) is 6.98. The van der Waals surface area contributed by atoms with E-state index in [0.29, 0.717) is 12.1 Å². The average Bonchev–Trinajstić information content (AvgIpc) is 2.43. The van der Waals surface area contributed by atoms with E-state index in [-0.39, 0.29) is 0 Å². The van der Waals surface area contributed by atoms with Gasteiger partial charge in [-0.2, -0.15) is 0 Å². The summed E-state index contributed by atoms with van der Waals surface area (Å²) in [5, 5.41) is 3.40. The summed E-state index contributed by atoms with van der Waals surface area (Å²) in [6.45, 7) is 7.46. The van der Waals surface area contributed by atoms with Crippen molar-refractivity contribution in [2.45, 2.75) is 58.6 Å². The smallest absolute Gasteiger partial charge is 0.0665 e. The summed E-state index contributed by atoms with van der Waals surface area (Å²) in [6.07, 6.45) is 5.55. The minimum Gasteiger partial charge on any atom is -0.376 e. The zero-order valence-electron chi connectivity index (χ0n) is 13.4. The highest BCUT2D eigenvalue weighted by molar-refractivity contribution is 5.32.